The van der Waals surface area contributed by atoms with Gasteiger partial charge < -0.3 is 5.32 Å². The third kappa shape index (κ3) is 2.00. The summed E-state index contributed by atoms with van der Waals surface area (Å²) in [7, 11) is 1.90. The molecule has 1 aromatic rings. The zero-order valence-electron chi connectivity index (χ0n) is 8.58. The molecule has 0 radical (unpaired) electrons. The molecule has 1 atom stereocenters. The molecule has 1 aliphatic rings. The van der Waals surface area contributed by atoms with E-state index in [0.29, 0.717) is 5.25 Å². The van der Waals surface area contributed by atoms with Crippen molar-refractivity contribution in [1.82, 2.24) is 9.97 Å². The number of nitrogens with one attached hydrogen (secondary N) is 1. The molecule has 0 spiro atoms. The molecule has 1 aliphatic heterocycles. The van der Waals surface area contributed by atoms with E-state index >= 15 is 0 Å². The van der Waals surface area contributed by atoms with Crippen molar-refractivity contribution >= 4 is 17.6 Å². The lowest BCUT2D eigenvalue weighted by Crippen LogP contribution is -2.03. The molecule has 0 aliphatic carbocycles. The van der Waals surface area contributed by atoms with Crippen molar-refractivity contribution in [2.45, 2.75) is 25.0 Å². The molecule has 76 valence electrons. The maximum absolute atomic E-state index is 4.49. The summed E-state index contributed by atoms with van der Waals surface area (Å²) < 4.78 is 0. The van der Waals surface area contributed by atoms with E-state index in [4.69, 9.17) is 0 Å². The van der Waals surface area contributed by atoms with Crippen LogP contribution in [-0.2, 0) is 0 Å². The molecule has 1 saturated heterocycles. The SMILES string of the molecule is CNc1cc(C)nc(C2CCCS2)n1. The largest absolute Gasteiger partial charge is 0.373 e. The van der Waals surface area contributed by atoms with Gasteiger partial charge >= 0.3 is 0 Å². The summed E-state index contributed by atoms with van der Waals surface area (Å²) in [5.74, 6) is 3.17. The lowest BCUT2D eigenvalue weighted by molar-refractivity contribution is 0.772. The Kier molecular flexibility index (Phi) is 2.91. The first-order chi connectivity index (χ1) is 6.79. The third-order valence-electron chi connectivity index (χ3n) is 2.35. The van der Waals surface area contributed by atoms with Crippen molar-refractivity contribution in [1.29, 1.82) is 0 Å². The van der Waals surface area contributed by atoms with E-state index in [1.807, 2.05) is 31.8 Å². The van der Waals surface area contributed by atoms with Crippen molar-refractivity contribution < 1.29 is 0 Å². The molecule has 2 heterocycles. The van der Waals surface area contributed by atoms with Crippen LogP contribution in [0.5, 0.6) is 0 Å². The van der Waals surface area contributed by atoms with Crippen LogP contribution in [-0.4, -0.2) is 22.8 Å². The molecule has 1 aromatic heterocycles. The molecule has 4 heteroatoms. The molecular formula is C10H15N3S. The van der Waals surface area contributed by atoms with E-state index in [9.17, 15) is 0 Å². The minimum atomic E-state index is 0.516. The summed E-state index contributed by atoms with van der Waals surface area (Å²) >= 11 is 1.97. The van der Waals surface area contributed by atoms with Crippen LogP contribution < -0.4 is 5.32 Å². The van der Waals surface area contributed by atoms with Gasteiger partial charge in [-0.25, -0.2) is 9.97 Å². The predicted octanol–water partition coefficient (Wildman–Crippen LogP) is 2.39. The monoisotopic (exact) mass is 209 g/mol. The van der Waals surface area contributed by atoms with Gasteiger partial charge in [-0.15, -0.1) is 0 Å². The van der Waals surface area contributed by atoms with Gasteiger partial charge in [-0.05, 0) is 25.5 Å². The van der Waals surface area contributed by atoms with E-state index in [2.05, 4.69) is 15.3 Å². The topological polar surface area (TPSA) is 37.8 Å². The van der Waals surface area contributed by atoms with E-state index in [1.54, 1.807) is 0 Å². The highest BCUT2D eigenvalue weighted by Crippen LogP contribution is 2.38. The zero-order chi connectivity index (χ0) is 9.97. The standard InChI is InChI=1S/C10H15N3S/c1-7-6-9(11-2)13-10(12-7)8-4-3-5-14-8/h6,8H,3-5H2,1-2H3,(H,11,12,13). The molecular weight excluding hydrogens is 194 g/mol. The Morgan fingerprint density at radius 2 is 2.36 bits per heavy atom. The van der Waals surface area contributed by atoms with Crippen molar-refractivity contribution in [3.63, 3.8) is 0 Å². The van der Waals surface area contributed by atoms with Crippen molar-refractivity contribution in [2.24, 2.45) is 0 Å². The Morgan fingerprint density at radius 1 is 1.50 bits per heavy atom. The molecule has 14 heavy (non-hydrogen) atoms. The van der Waals surface area contributed by atoms with E-state index in [-0.39, 0.29) is 0 Å². The second-order valence-corrected chi connectivity index (χ2v) is 4.82. The van der Waals surface area contributed by atoms with Gasteiger partial charge in [0.1, 0.15) is 11.6 Å². The van der Waals surface area contributed by atoms with Gasteiger partial charge in [0.15, 0.2) is 0 Å². The van der Waals surface area contributed by atoms with Crippen LogP contribution in [0.15, 0.2) is 6.07 Å². The second kappa shape index (κ2) is 4.17. The number of nitrogens with zero attached hydrogens (tertiary/aromatic N) is 2. The van der Waals surface area contributed by atoms with E-state index < -0.39 is 0 Å². The molecule has 0 saturated carbocycles. The summed E-state index contributed by atoms with van der Waals surface area (Å²) in [6, 6.07) is 1.98. The summed E-state index contributed by atoms with van der Waals surface area (Å²) in [6.07, 6.45) is 2.51. The summed E-state index contributed by atoms with van der Waals surface area (Å²) in [5.41, 5.74) is 1.05. The third-order valence-corrected chi connectivity index (χ3v) is 3.72. The molecule has 1 N–H and O–H groups in total. The Labute approximate surface area is 88.7 Å². The number of thioether (sulfide) groups is 1. The summed E-state index contributed by atoms with van der Waals surface area (Å²) in [5, 5.41) is 3.59. The number of hydrogen-bond acceptors (Lipinski definition) is 4. The molecule has 0 bridgehead atoms. The van der Waals surface area contributed by atoms with Gasteiger partial charge in [-0.2, -0.15) is 11.8 Å². The van der Waals surface area contributed by atoms with E-state index in [1.165, 1.54) is 18.6 Å². The average molecular weight is 209 g/mol. The average Bonchev–Trinajstić information content (AvgIpc) is 2.69. The smallest absolute Gasteiger partial charge is 0.143 e. The quantitative estimate of drug-likeness (QED) is 0.811. The highest BCUT2D eigenvalue weighted by Gasteiger charge is 2.20. The zero-order valence-corrected chi connectivity index (χ0v) is 9.40. The number of anilines is 1. The highest BCUT2D eigenvalue weighted by molar-refractivity contribution is 7.99. The predicted molar refractivity (Wildman–Crippen MR) is 60.7 cm³/mol. The first-order valence-corrected chi connectivity index (χ1v) is 5.99. The molecule has 3 nitrogen and oxygen atoms in total. The van der Waals surface area contributed by atoms with Gasteiger partial charge in [0.25, 0.3) is 0 Å². The van der Waals surface area contributed by atoms with Crippen LogP contribution in [0.3, 0.4) is 0 Å². The minimum absolute atomic E-state index is 0.516. The van der Waals surface area contributed by atoms with Crippen molar-refractivity contribution in [3.05, 3.63) is 17.6 Å². The maximum atomic E-state index is 4.49. The Bertz CT molecular complexity index is 321. The number of rotatable bonds is 2. The Morgan fingerprint density at radius 3 is 3.00 bits per heavy atom. The first kappa shape index (κ1) is 9.77. The Balaban J connectivity index is 2.27. The normalized spacial score (nSPS) is 21.1. The fourth-order valence-corrected chi connectivity index (χ4v) is 2.85. The van der Waals surface area contributed by atoms with Gasteiger partial charge in [0.2, 0.25) is 0 Å². The van der Waals surface area contributed by atoms with Crippen molar-refractivity contribution in [2.75, 3.05) is 18.1 Å². The minimum Gasteiger partial charge on any atom is -0.373 e. The number of aryl methyl sites for hydroxylation is 1. The summed E-state index contributed by atoms with van der Waals surface area (Å²) in [4.78, 5) is 8.98. The van der Waals surface area contributed by atoms with Crippen LogP contribution in [0.4, 0.5) is 5.82 Å². The molecule has 0 aromatic carbocycles. The van der Waals surface area contributed by atoms with Crippen molar-refractivity contribution in [3.8, 4) is 0 Å². The van der Waals surface area contributed by atoms with Crippen LogP contribution >= 0.6 is 11.8 Å². The Hall–Kier alpha value is -0.770. The van der Waals surface area contributed by atoms with Crippen LogP contribution in [0.1, 0.15) is 29.6 Å². The van der Waals surface area contributed by atoms with Gasteiger partial charge in [0, 0.05) is 18.8 Å². The summed E-state index contributed by atoms with van der Waals surface area (Å²) in [6.45, 7) is 2.02. The fraction of sp³-hybridized carbons (Fsp3) is 0.600. The van der Waals surface area contributed by atoms with Gasteiger partial charge in [-0.1, -0.05) is 0 Å². The number of aromatic nitrogens is 2. The second-order valence-electron chi connectivity index (χ2n) is 3.50. The maximum Gasteiger partial charge on any atom is 0.143 e. The lowest BCUT2D eigenvalue weighted by atomic mass is 10.2. The molecule has 1 unspecified atom stereocenters. The van der Waals surface area contributed by atoms with Crippen LogP contribution in [0, 0.1) is 6.92 Å². The van der Waals surface area contributed by atoms with E-state index in [0.717, 1.165) is 17.3 Å². The highest BCUT2D eigenvalue weighted by atomic mass is 32.2. The van der Waals surface area contributed by atoms with Gasteiger partial charge in [0.05, 0.1) is 5.25 Å². The molecule has 1 fully saturated rings. The lowest BCUT2D eigenvalue weighted by Gasteiger charge is -2.09. The fourth-order valence-electron chi connectivity index (χ4n) is 1.64. The van der Waals surface area contributed by atoms with Crippen LogP contribution in [0.2, 0.25) is 0 Å². The molecule has 2 rings (SSSR count). The molecule has 0 amide bonds. The number of hydrogen-bond donors (Lipinski definition) is 1. The van der Waals surface area contributed by atoms with Gasteiger partial charge in [-0.3, -0.25) is 0 Å². The first-order valence-electron chi connectivity index (χ1n) is 4.94. The van der Waals surface area contributed by atoms with Crippen LogP contribution in [0.25, 0.3) is 0 Å².